The van der Waals surface area contributed by atoms with Gasteiger partial charge in [-0.15, -0.1) is 0 Å². The number of thioether (sulfide) groups is 1. The van der Waals surface area contributed by atoms with E-state index in [4.69, 9.17) is 0 Å². The molecule has 0 atom stereocenters. The third-order valence-corrected chi connectivity index (χ3v) is 5.06. The van der Waals surface area contributed by atoms with Gasteiger partial charge in [-0.05, 0) is 19.9 Å². The second-order valence-electron chi connectivity index (χ2n) is 5.82. The van der Waals surface area contributed by atoms with Crippen LogP contribution in [0.3, 0.4) is 0 Å². The number of aryl methyl sites for hydroxylation is 1. The molecule has 1 fully saturated rings. The number of nitrogens with zero attached hydrogens (tertiary/aromatic N) is 4. The van der Waals surface area contributed by atoms with Gasteiger partial charge in [0.2, 0.25) is 11.8 Å². The SMILES string of the molecule is CC(=O)c1cc(C#N)c(SCC(=O)N2CCN(C(C)=O)CC2)nc1C. The Labute approximate surface area is 151 Å². The van der Waals surface area contributed by atoms with Gasteiger partial charge in [0, 0.05) is 44.4 Å². The van der Waals surface area contributed by atoms with E-state index in [1.165, 1.54) is 31.7 Å². The Morgan fingerprint density at radius 2 is 1.80 bits per heavy atom. The summed E-state index contributed by atoms with van der Waals surface area (Å²) in [6.07, 6.45) is 0. The van der Waals surface area contributed by atoms with Crippen LogP contribution >= 0.6 is 11.8 Å². The molecule has 1 aromatic heterocycles. The predicted molar refractivity (Wildman–Crippen MR) is 93.3 cm³/mol. The highest BCUT2D eigenvalue weighted by Crippen LogP contribution is 2.23. The molecule has 132 valence electrons. The summed E-state index contributed by atoms with van der Waals surface area (Å²) in [5.41, 5.74) is 1.28. The van der Waals surface area contributed by atoms with E-state index in [1.807, 2.05) is 6.07 Å². The molecule has 0 saturated carbocycles. The molecule has 1 aliphatic heterocycles. The molecule has 2 heterocycles. The molecule has 0 N–H and O–H groups in total. The fraction of sp³-hybridized carbons (Fsp3) is 0.471. The van der Waals surface area contributed by atoms with Crippen LogP contribution in [0.5, 0.6) is 0 Å². The molecule has 7 nitrogen and oxygen atoms in total. The average molecular weight is 360 g/mol. The number of amides is 2. The van der Waals surface area contributed by atoms with E-state index in [2.05, 4.69) is 4.98 Å². The Bertz CT molecular complexity index is 749. The van der Waals surface area contributed by atoms with Crippen LogP contribution in [-0.2, 0) is 9.59 Å². The van der Waals surface area contributed by atoms with Crippen LogP contribution in [0.2, 0.25) is 0 Å². The van der Waals surface area contributed by atoms with Crippen molar-refractivity contribution in [2.75, 3.05) is 31.9 Å². The van der Waals surface area contributed by atoms with E-state index in [1.54, 1.807) is 16.7 Å². The zero-order valence-electron chi connectivity index (χ0n) is 14.5. The summed E-state index contributed by atoms with van der Waals surface area (Å²) in [6, 6.07) is 3.57. The fourth-order valence-electron chi connectivity index (χ4n) is 2.62. The molecule has 0 spiro atoms. The van der Waals surface area contributed by atoms with Crippen LogP contribution in [0, 0.1) is 18.3 Å². The Hall–Kier alpha value is -2.40. The van der Waals surface area contributed by atoms with Crippen LogP contribution < -0.4 is 0 Å². The standard InChI is InChI=1S/C17H20N4O3S/c1-11-15(12(2)22)8-14(9-18)17(19-11)25-10-16(24)21-6-4-20(5-7-21)13(3)23/h8H,4-7,10H2,1-3H3. The minimum absolute atomic E-state index is 0.0189. The minimum atomic E-state index is -0.141. The van der Waals surface area contributed by atoms with Crippen LogP contribution in [0.15, 0.2) is 11.1 Å². The van der Waals surface area contributed by atoms with Gasteiger partial charge in [0.05, 0.1) is 11.3 Å². The number of hydrogen-bond acceptors (Lipinski definition) is 6. The molecule has 1 aliphatic rings. The third-order valence-electron chi connectivity index (χ3n) is 4.09. The zero-order valence-corrected chi connectivity index (χ0v) is 15.4. The van der Waals surface area contributed by atoms with Crippen molar-refractivity contribution in [3.63, 3.8) is 0 Å². The van der Waals surface area contributed by atoms with Gasteiger partial charge in [-0.2, -0.15) is 5.26 Å². The highest BCUT2D eigenvalue weighted by atomic mass is 32.2. The van der Waals surface area contributed by atoms with Gasteiger partial charge in [0.1, 0.15) is 11.1 Å². The Balaban J connectivity index is 2.01. The number of ketones is 1. The normalized spacial score (nSPS) is 14.2. The Morgan fingerprint density at radius 1 is 1.20 bits per heavy atom. The number of rotatable bonds is 4. The van der Waals surface area contributed by atoms with Crippen LogP contribution in [-0.4, -0.2) is 64.3 Å². The smallest absolute Gasteiger partial charge is 0.233 e. The summed E-state index contributed by atoms with van der Waals surface area (Å²) < 4.78 is 0. The molecular weight excluding hydrogens is 340 g/mol. The van der Waals surface area contributed by atoms with Crippen molar-refractivity contribution < 1.29 is 14.4 Å². The van der Waals surface area contributed by atoms with Crippen LogP contribution in [0.4, 0.5) is 0 Å². The summed E-state index contributed by atoms with van der Waals surface area (Å²) >= 11 is 1.20. The molecule has 0 aromatic carbocycles. The van der Waals surface area contributed by atoms with E-state index in [-0.39, 0.29) is 23.4 Å². The molecule has 0 unspecified atom stereocenters. The first-order valence-corrected chi connectivity index (χ1v) is 8.90. The molecule has 2 rings (SSSR count). The first kappa shape index (κ1) is 18.9. The summed E-state index contributed by atoms with van der Waals surface area (Å²) in [6.45, 7) is 6.78. The molecule has 2 amide bonds. The first-order chi connectivity index (χ1) is 11.8. The van der Waals surface area contributed by atoms with E-state index in [0.717, 1.165) is 0 Å². The highest BCUT2D eigenvalue weighted by Gasteiger charge is 2.23. The lowest BCUT2D eigenvalue weighted by molar-refractivity contribution is -0.136. The van der Waals surface area contributed by atoms with Crippen molar-refractivity contribution >= 4 is 29.4 Å². The number of pyridine rings is 1. The van der Waals surface area contributed by atoms with Crippen molar-refractivity contribution in [2.24, 2.45) is 0 Å². The summed E-state index contributed by atoms with van der Waals surface area (Å²) in [5, 5.41) is 9.72. The van der Waals surface area contributed by atoms with Gasteiger partial charge in [-0.3, -0.25) is 14.4 Å². The molecule has 0 radical (unpaired) electrons. The van der Waals surface area contributed by atoms with Gasteiger partial charge in [-0.1, -0.05) is 11.8 Å². The predicted octanol–water partition coefficient (Wildman–Crippen LogP) is 1.25. The lowest BCUT2D eigenvalue weighted by Crippen LogP contribution is -2.50. The highest BCUT2D eigenvalue weighted by molar-refractivity contribution is 8.00. The topological polar surface area (TPSA) is 94.4 Å². The Kier molecular flexibility index (Phi) is 6.15. The molecule has 1 saturated heterocycles. The number of piperazine rings is 1. The number of nitriles is 1. The minimum Gasteiger partial charge on any atom is -0.339 e. The molecule has 0 aliphatic carbocycles. The number of Topliss-reactive ketones (excluding diaryl/α,β-unsaturated/α-hetero) is 1. The third kappa shape index (κ3) is 4.57. The molecule has 25 heavy (non-hydrogen) atoms. The monoisotopic (exact) mass is 360 g/mol. The largest absolute Gasteiger partial charge is 0.339 e. The van der Waals surface area contributed by atoms with Gasteiger partial charge in [0.25, 0.3) is 0 Å². The molecule has 0 bridgehead atoms. The maximum atomic E-state index is 12.3. The quantitative estimate of drug-likeness (QED) is 0.592. The van der Waals surface area contributed by atoms with Crippen molar-refractivity contribution in [2.45, 2.75) is 25.8 Å². The number of carbonyl (C=O) groups is 3. The van der Waals surface area contributed by atoms with E-state index < -0.39 is 0 Å². The van der Waals surface area contributed by atoms with Crippen LogP contribution in [0.25, 0.3) is 0 Å². The summed E-state index contributed by atoms with van der Waals surface area (Å²) in [5.74, 6) is -0.00400. The molecule has 8 heteroatoms. The lowest BCUT2D eigenvalue weighted by atomic mass is 10.1. The molecular formula is C17H20N4O3S. The number of aromatic nitrogens is 1. The van der Waals surface area contributed by atoms with E-state index in [0.29, 0.717) is 48.0 Å². The van der Waals surface area contributed by atoms with Crippen molar-refractivity contribution in [3.8, 4) is 6.07 Å². The number of carbonyl (C=O) groups excluding carboxylic acids is 3. The summed E-state index contributed by atoms with van der Waals surface area (Å²) in [7, 11) is 0. The van der Waals surface area contributed by atoms with Crippen molar-refractivity contribution in [3.05, 3.63) is 22.9 Å². The summed E-state index contributed by atoms with van der Waals surface area (Å²) in [4.78, 5) is 43.0. The molecule has 1 aromatic rings. The van der Waals surface area contributed by atoms with Crippen LogP contribution in [0.1, 0.15) is 35.5 Å². The van der Waals surface area contributed by atoms with Crippen molar-refractivity contribution in [1.29, 1.82) is 5.26 Å². The fourth-order valence-corrected chi connectivity index (χ4v) is 3.53. The van der Waals surface area contributed by atoms with Gasteiger partial charge < -0.3 is 9.80 Å². The van der Waals surface area contributed by atoms with Gasteiger partial charge >= 0.3 is 0 Å². The first-order valence-electron chi connectivity index (χ1n) is 7.92. The maximum absolute atomic E-state index is 12.3. The van der Waals surface area contributed by atoms with Gasteiger partial charge in [0.15, 0.2) is 5.78 Å². The maximum Gasteiger partial charge on any atom is 0.233 e. The van der Waals surface area contributed by atoms with Crippen molar-refractivity contribution in [1.82, 2.24) is 14.8 Å². The lowest BCUT2D eigenvalue weighted by Gasteiger charge is -2.34. The van der Waals surface area contributed by atoms with Gasteiger partial charge in [-0.25, -0.2) is 4.98 Å². The zero-order chi connectivity index (χ0) is 18.6. The second-order valence-corrected chi connectivity index (χ2v) is 6.78. The average Bonchev–Trinajstić information content (AvgIpc) is 2.59. The number of hydrogen-bond donors (Lipinski definition) is 0. The second kappa shape index (κ2) is 8.12. The van der Waals surface area contributed by atoms with E-state index in [9.17, 15) is 19.6 Å². The Morgan fingerprint density at radius 3 is 2.32 bits per heavy atom. The van der Waals surface area contributed by atoms with E-state index >= 15 is 0 Å².